The normalized spacial score (nSPS) is 11.1. The Morgan fingerprint density at radius 2 is 0.929 bits per heavy atom. The van der Waals surface area contributed by atoms with Gasteiger partial charge >= 0.3 is 11.4 Å². The SMILES string of the molecule is Cc1cc(=O)n(C)c(=O)n1CCCCCCCCn1c(C)cc(=O)n(C)c1=O. The number of hydrogen-bond acceptors (Lipinski definition) is 4. The average molecular weight is 390 g/mol. The van der Waals surface area contributed by atoms with Crippen molar-refractivity contribution < 1.29 is 0 Å². The Morgan fingerprint density at radius 1 is 0.607 bits per heavy atom. The van der Waals surface area contributed by atoms with Crippen LogP contribution in [0, 0.1) is 13.8 Å². The number of hydrogen-bond donors (Lipinski definition) is 0. The Kier molecular flexibility index (Phi) is 7.37. The maximum atomic E-state index is 12.1. The molecule has 0 fully saturated rings. The lowest BCUT2D eigenvalue weighted by molar-refractivity contribution is 0.497. The highest BCUT2D eigenvalue weighted by Crippen LogP contribution is 2.08. The van der Waals surface area contributed by atoms with Crippen LogP contribution in [0.1, 0.15) is 49.9 Å². The highest BCUT2D eigenvalue weighted by molar-refractivity contribution is 5.00. The fourth-order valence-corrected chi connectivity index (χ4v) is 3.35. The largest absolute Gasteiger partial charge is 0.330 e. The molecule has 0 bridgehead atoms. The summed E-state index contributed by atoms with van der Waals surface area (Å²) in [6.07, 6.45) is 5.90. The van der Waals surface area contributed by atoms with Crippen LogP contribution in [0.15, 0.2) is 31.3 Å². The molecule has 2 rings (SSSR count). The molecular weight excluding hydrogens is 360 g/mol. The van der Waals surface area contributed by atoms with Gasteiger partial charge in [0.05, 0.1) is 0 Å². The number of unbranched alkanes of at least 4 members (excludes halogenated alkanes) is 5. The summed E-state index contributed by atoms with van der Waals surface area (Å²) in [7, 11) is 3.00. The van der Waals surface area contributed by atoms with E-state index in [1.165, 1.54) is 26.2 Å². The van der Waals surface area contributed by atoms with Crippen LogP contribution in [0.4, 0.5) is 0 Å². The minimum Gasteiger partial charge on any atom is -0.298 e. The molecular formula is C20H30N4O4. The monoisotopic (exact) mass is 390 g/mol. The van der Waals surface area contributed by atoms with Gasteiger partial charge in [0.2, 0.25) is 0 Å². The van der Waals surface area contributed by atoms with Gasteiger partial charge in [-0.3, -0.25) is 27.9 Å². The molecule has 0 unspecified atom stereocenters. The van der Waals surface area contributed by atoms with Gasteiger partial charge in [-0.1, -0.05) is 25.7 Å². The van der Waals surface area contributed by atoms with Crippen LogP contribution in [-0.2, 0) is 27.2 Å². The van der Waals surface area contributed by atoms with Crippen LogP contribution in [0.2, 0.25) is 0 Å². The van der Waals surface area contributed by atoms with Crippen LogP contribution >= 0.6 is 0 Å². The first-order valence-electron chi connectivity index (χ1n) is 9.79. The molecule has 2 heterocycles. The van der Waals surface area contributed by atoms with E-state index in [1.807, 2.05) is 0 Å². The van der Waals surface area contributed by atoms with Crippen molar-refractivity contribution in [3.05, 3.63) is 65.2 Å². The van der Waals surface area contributed by atoms with Crippen LogP contribution in [0.25, 0.3) is 0 Å². The lowest BCUT2D eigenvalue weighted by Gasteiger charge is -2.11. The minimum absolute atomic E-state index is 0.261. The van der Waals surface area contributed by atoms with Gasteiger partial charge in [-0.2, -0.15) is 0 Å². The van der Waals surface area contributed by atoms with Gasteiger partial charge in [-0.25, -0.2) is 9.59 Å². The molecule has 0 aliphatic rings. The summed E-state index contributed by atoms with van der Waals surface area (Å²) < 4.78 is 5.57. The third-order valence-corrected chi connectivity index (χ3v) is 5.23. The highest BCUT2D eigenvalue weighted by Gasteiger charge is 2.06. The van der Waals surface area contributed by atoms with E-state index < -0.39 is 0 Å². The number of aryl methyl sites for hydroxylation is 2. The van der Waals surface area contributed by atoms with Crippen LogP contribution < -0.4 is 22.5 Å². The Morgan fingerprint density at radius 3 is 1.29 bits per heavy atom. The second-order valence-corrected chi connectivity index (χ2v) is 7.36. The maximum Gasteiger partial charge on any atom is 0.330 e. The van der Waals surface area contributed by atoms with Crippen LogP contribution in [0.5, 0.6) is 0 Å². The van der Waals surface area contributed by atoms with E-state index in [2.05, 4.69) is 0 Å². The molecule has 0 spiro atoms. The second kappa shape index (κ2) is 9.52. The molecule has 0 atom stereocenters. The lowest BCUT2D eigenvalue weighted by Crippen LogP contribution is -2.38. The van der Waals surface area contributed by atoms with Gasteiger partial charge in [0.25, 0.3) is 11.1 Å². The van der Waals surface area contributed by atoms with Crippen LogP contribution in [0.3, 0.4) is 0 Å². The molecule has 0 radical (unpaired) electrons. The zero-order valence-corrected chi connectivity index (χ0v) is 17.2. The van der Waals surface area contributed by atoms with Crippen molar-refractivity contribution in [1.82, 2.24) is 18.3 Å². The van der Waals surface area contributed by atoms with Crippen molar-refractivity contribution in [1.29, 1.82) is 0 Å². The second-order valence-electron chi connectivity index (χ2n) is 7.36. The summed E-state index contributed by atoms with van der Waals surface area (Å²) in [6, 6.07) is 2.98. The van der Waals surface area contributed by atoms with Gasteiger partial charge < -0.3 is 0 Å². The van der Waals surface area contributed by atoms with E-state index in [9.17, 15) is 19.2 Å². The van der Waals surface area contributed by atoms with Gasteiger partial charge in [-0.15, -0.1) is 0 Å². The first-order chi connectivity index (χ1) is 13.2. The molecule has 154 valence electrons. The third-order valence-electron chi connectivity index (χ3n) is 5.23. The molecule has 0 aromatic carbocycles. The Hall–Kier alpha value is -2.64. The van der Waals surface area contributed by atoms with E-state index in [1.54, 1.807) is 23.0 Å². The average Bonchev–Trinajstić information content (AvgIpc) is 2.64. The van der Waals surface area contributed by atoms with Crippen molar-refractivity contribution in [3.63, 3.8) is 0 Å². The van der Waals surface area contributed by atoms with Crippen molar-refractivity contribution in [2.45, 2.75) is 65.5 Å². The van der Waals surface area contributed by atoms with Crippen LogP contribution in [-0.4, -0.2) is 18.3 Å². The summed E-state index contributed by atoms with van der Waals surface area (Å²) in [4.78, 5) is 47.4. The topological polar surface area (TPSA) is 88.0 Å². The maximum absolute atomic E-state index is 12.1. The first-order valence-corrected chi connectivity index (χ1v) is 9.79. The summed E-state index contributed by atoms with van der Waals surface area (Å²) in [5.41, 5.74) is 0.335. The smallest absolute Gasteiger partial charge is 0.298 e. The molecule has 8 nitrogen and oxygen atoms in total. The molecule has 2 aromatic heterocycles. The number of nitrogens with zero attached hydrogens (tertiary/aromatic N) is 4. The standard InChI is InChI=1S/C20H30N4O4/c1-15-13-17(25)21(3)19(27)23(15)11-9-7-5-6-8-10-12-24-16(2)14-18(26)22(4)20(24)28/h13-14H,5-12H2,1-4H3. The molecule has 0 amide bonds. The van der Waals surface area contributed by atoms with E-state index >= 15 is 0 Å². The lowest BCUT2D eigenvalue weighted by atomic mass is 10.1. The Labute approximate surface area is 163 Å². The zero-order valence-electron chi connectivity index (χ0n) is 17.2. The molecule has 0 aliphatic heterocycles. The Bertz CT molecular complexity index is 970. The predicted octanol–water partition coefficient (Wildman–Crippen LogP) is 1.07. The van der Waals surface area contributed by atoms with E-state index in [-0.39, 0.29) is 22.5 Å². The zero-order chi connectivity index (χ0) is 20.8. The summed E-state index contributed by atoms with van der Waals surface area (Å²) >= 11 is 0. The molecule has 8 heteroatoms. The summed E-state index contributed by atoms with van der Waals surface area (Å²) in [6.45, 7) is 4.80. The fraction of sp³-hybridized carbons (Fsp3) is 0.600. The molecule has 0 aliphatic carbocycles. The Balaban J connectivity index is 1.73. The third kappa shape index (κ3) is 4.99. The van der Waals surface area contributed by atoms with Gasteiger partial charge in [0.15, 0.2) is 0 Å². The predicted molar refractivity (Wildman–Crippen MR) is 109 cm³/mol. The van der Waals surface area contributed by atoms with Crippen molar-refractivity contribution >= 4 is 0 Å². The molecule has 0 N–H and O–H groups in total. The van der Waals surface area contributed by atoms with Gasteiger partial charge in [0, 0.05) is 50.7 Å². The molecule has 2 aromatic rings. The summed E-state index contributed by atoms with van der Waals surface area (Å²) in [5, 5.41) is 0. The number of aromatic nitrogens is 4. The van der Waals surface area contributed by atoms with Crippen molar-refractivity contribution in [2.75, 3.05) is 0 Å². The molecule has 0 saturated heterocycles. The molecule has 28 heavy (non-hydrogen) atoms. The summed E-state index contributed by atoms with van der Waals surface area (Å²) in [5.74, 6) is 0. The van der Waals surface area contributed by atoms with E-state index in [0.29, 0.717) is 24.5 Å². The highest BCUT2D eigenvalue weighted by atomic mass is 16.2. The van der Waals surface area contributed by atoms with Crippen molar-refractivity contribution in [3.8, 4) is 0 Å². The van der Waals surface area contributed by atoms with E-state index in [4.69, 9.17) is 0 Å². The van der Waals surface area contributed by atoms with Gasteiger partial charge in [0.1, 0.15) is 0 Å². The minimum atomic E-state index is -0.272. The first kappa shape index (κ1) is 21.7. The molecule has 0 saturated carbocycles. The van der Waals surface area contributed by atoms with Crippen molar-refractivity contribution in [2.24, 2.45) is 14.1 Å². The van der Waals surface area contributed by atoms with E-state index in [0.717, 1.165) is 47.7 Å². The quantitative estimate of drug-likeness (QED) is 0.599. The number of rotatable bonds is 9. The fourth-order valence-electron chi connectivity index (χ4n) is 3.35. The van der Waals surface area contributed by atoms with Gasteiger partial charge in [-0.05, 0) is 26.7 Å².